The minimum absolute atomic E-state index is 0.00762. The Bertz CT molecular complexity index is 758. The number of amides is 1. The fraction of sp³-hybridized carbons (Fsp3) is 0.381. The van der Waals surface area contributed by atoms with Gasteiger partial charge in [0.05, 0.1) is 20.8 Å². The lowest BCUT2D eigenvalue weighted by molar-refractivity contribution is -0.117. The van der Waals surface area contributed by atoms with Crippen LogP contribution in [0.15, 0.2) is 42.5 Å². The molecule has 0 radical (unpaired) electrons. The van der Waals surface area contributed by atoms with Crippen LogP contribution < -0.4 is 14.8 Å². The third-order valence-corrected chi connectivity index (χ3v) is 4.85. The lowest BCUT2D eigenvalue weighted by atomic mass is 10.0. The molecule has 1 N–H and O–H groups in total. The Morgan fingerprint density at radius 2 is 1.92 bits per heavy atom. The summed E-state index contributed by atoms with van der Waals surface area (Å²) in [6.45, 7) is 3.30. The highest BCUT2D eigenvalue weighted by atomic mass is 16.5. The Morgan fingerprint density at radius 1 is 1.15 bits per heavy atom. The predicted octanol–water partition coefficient (Wildman–Crippen LogP) is 3.79. The van der Waals surface area contributed by atoms with Crippen molar-refractivity contribution in [3.05, 3.63) is 53.6 Å². The fourth-order valence-electron chi connectivity index (χ4n) is 3.48. The van der Waals surface area contributed by atoms with Crippen molar-refractivity contribution >= 4 is 11.6 Å². The van der Waals surface area contributed by atoms with Crippen LogP contribution >= 0.6 is 0 Å². The van der Waals surface area contributed by atoms with Gasteiger partial charge in [-0.3, -0.25) is 9.69 Å². The van der Waals surface area contributed by atoms with E-state index in [-0.39, 0.29) is 11.9 Å². The van der Waals surface area contributed by atoms with Gasteiger partial charge < -0.3 is 14.8 Å². The summed E-state index contributed by atoms with van der Waals surface area (Å²) in [5, 5.41) is 2.98. The molecule has 26 heavy (non-hydrogen) atoms. The van der Waals surface area contributed by atoms with Gasteiger partial charge in [-0.1, -0.05) is 23.8 Å². The number of methoxy groups -OCH3 is 2. The highest BCUT2D eigenvalue weighted by Gasteiger charge is 2.29. The average molecular weight is 354 g/mol. The van der Waals surface area contributed by atoms with Crippen molar-refractivity contribution in [3.63, 3.8) is 0 Å². The van der Waals surface area contributed by atoms with E-state index in [2.05, 4.69) is 10.2 Å². The first kappa shape index (κ1) is 18.3. The molecule has 0 saturated carbocycles. The van der Waals surface area contributed by atoms with Crippen LogP contribution in [0.25, 0.3) is 0 Å². The van der Waals surface area contributed by atoms with Crippen LogP contribution in [0.1, 0.15) is 30.0 Å². The molecule has 2 aromatic rings. The van der Waals surface area contributed by atoms with E-state index in [0.29, 0.717) is 6.54 Å². The van der Waals surface area contributed by atoms with Crippen molar-refractivity contribution in [2.45, 2.75) is 25.8 Å². The van der Waals surface area contributed by atoms with E-state index in [9.17, 15) is 4.79 Å². The molecule has 3 rings (SSSR count). The smallest absolute Gasteiger partial charge is 0.238 e. The molecule has 1 aliphatic heterocycles. The number of likely N-dealkylation sites (tertiary alicyclic amines) is 1. The largest absolute Gasteiger partial charge is 0.497 e. The van der Waals surface area contributed by atoms with E-state index in [1.807, 2.05) is 49.4 Å². The highest BCUT2D eigenvalue weighted by molar-refractivity contribution is 5.92. The number of nitrogens with one attached hydrogen (secondary N) is 1. The van der Waals surface area contributed by atoms with Gasteiger partial charge in [0, 0.05) is 23.4 Å². The normalized spacial score (nSPS) is 17.1. The van der Waals surface area contributed by atoms with E-state index < -0.39 is 0 Å². The summed E-state index contributed by atoms with van der Waals surface area (Å²) >= 11 is 0. The SMILES string of the molecule is COc1ccc([C@@H]2CCCN2CC(=O)Nc2ccc(C)cc2)c(OC)c1. The average Bonchev–Trinajstić information content (AvgIpc) is 3.10. The van der Waals surface area contributed by atoms with Gasteiger partial charge in [0.25, 0.3) is 0 Å². The molecule has 2 aromatic carbocycles. The van der Waals surface area contributed by atoms with E-state index in [0.717, 1.165) is 42.1 Å². The lowest BCUT2D eigenvalue weighted by Gasteiger charge is -2.26. The Balaban J connectivity index is 1.70. The molecule has 5 nitrogen and oxygen atoms in total. The molecule has 1 saturated heterocycles. The topological polar surface area (TPSA) is 50.8 Å². The maximum Gasteiger partial charge on any atom is 0.238 e. The fourth-order valence-corrected chi connectivity index (χ4v) is 3.48. The van der Waals surface area contributed by atoms with Gasteiger partial charge >= 0.3 is 0 Å². The van der Waals surface area contributed by atoms with E-state index >= 15 is 0 Å². The van der Waals surface area contributed by atoms with Gasteiger partial charge in [0.2, 0.25) is 5.91 Å². The maximum absolute atomic E-state index is 12.5. The first-order chi connectivity index (χ1) is 12.6. The molecule has 0 aromatic heterocycles. The second-order valence-electron chi connectivity index (χ2n) is 6.65. The van der Waals surface area contributed by atoms with Crippen LogP contribution in [0, 0.1) is 6.92 Å². The van der Waals surface area contributed by atoms with Gasteiger partial charge in [0.1, 0.15) is 11.5 Å². The lowest BCUT2D eigenvalue weighted by Crippen LogP contribution is -2.33. The zero-order valence-corrected chi connectivity index (χ0v) is 15.6. The van der Waals surface area contributed by atoms with E-state index in [1.165, 1.54) is 5.56 Å². The van der Waals surface area contributed by atoms with Crippen LogP contribution in [-0.2, 0) is 4.79 Å². The first-order valence-corrected chi connectivity index (χ1v) is 8.93. The molecular formula is C21H26N2O3. The molecule has 1 atom stereocenters. The standard InChI is InChI=1S/C21H26N2O3/c1-15-6-8-16(9-7-15)22-21(24)14-23-12-4-5-19(23)18-11-10-17(25-2)13-20(18)26-3/h6-11,13,19H,4-5,12,14H2,1-3H3,(H,22,24)/t19-/m0/s1. The minimum Gasteiger partial charge on any atom is -0.497 e. The Kier molecular flexibility index (Phi) is 5.78. The van der Waals surface area contributed by atoms with Crippen molar-refractivity contribution in [2.75, 3.05) is 32.6 Å². The van der Waals surface area contributed by atoms with Gasteiger partial charge in [0.15, 0.2) is 0 Å². The van der Waals surface area contributed by atoms with Crippen LogP contribution in [0.3, 0.4) is 0 Å². The Labute approximate surface area is 154 Å². The molecule has 0 bridgehead atoms. The van der Waals surface area contributed by atoms with Crippen LogP contribution in [0.4, 0.5) is 5.69 Å². The van der Waals surface area contributed by atoms with Crippen LogP contribution in [0.5, 0.6) is 11.5 Å². The second kappa shape index (κ2) is 8.23. The third kappa shape index (κ3) is 4.17. The number of aryl methyl sites for hydroxylation is 1. The molecule has 1 heterocycles. The zero-order chi connectivity index (χ0) is 18.5. The third-order valence-electron chi connectivity index (χ3n) is 4.85. The molecule has 1 fully saturated rings. The summed E-state index contributed by atoms with van der Waals surface area (Å²) in [7, 11) is 3.31. The number of rotatable bonds is 6. The molecule has 1 amide bonds. The van der Waals surface area contributed by atoms with Crippen LogP contribution in [0.2, 0.25) is 0 Å². The van der Waals surface area contributed by atoms with Crippen molar-refractivity contribution in [3.8, 4) is 11.5 Å². The Hall–Kier alpha value is -2.53. The van der Waals surface area contributed by atoms with Crippen molar-refractivity contribution in [1.82, 2.24) is 4.90 Å². The monoisotopic (exact) mass is 354 g/mol. The molecule has 138 valence electrons. The maximum atomic E-state index is 12.5. The summed E-state index contributed by atoms with van der Waals surface area (Å²) in [6.07, 6.45) is 2.08. The quantitative estimate of drug-likeness (QED) is 0.857. The second-order valence-corrected chi connectivity index (χ2v) is 6.65. The predicted molar refractivity (Wildman–Crippen MR) is 103 cm³/mol. The number of hydrogen-bond donors (Lipinski definition) is 1. The van der Waals surface area contributed by atoms with Gasteiger partial charge in [-0.2, -0.15) is 0 Å². The van der Waals surface area contributed by atoms with E-state index in [1.54, 1.807) is 14.2 Å². The number of carbonyl (C=O) groups excluding carboxylic acids is 1. The number of anilines is 1. The number of benzene rings is 2. The summed E-state index contributed by atoms with van der Waals surface area (Å²) in [5.41, 5.74) is 3.11. The van der Waals surface area contributed by atoms with Gasteiger partial charge in [-0.15, -0.1) is 0 Å². The van der Waals surface area contributed by atoms with Gasteiger partial charge in [-0.05, 0) is 44.5 Å². The van der Waals surface area contributed by atoms with E-state index in [4.69, 9.17) is 9.47 Å². The zero-order valence-electron chi connectivity index (χ0n) is 15.6. The Morgan fingerprint density at radius 3 is 2.62 bits per heavy atom. The van der Waals surface area contributed by atoms with Gasteiger partial charge in [-0.25, -0.2) is 0 Å². The summed E-state index contributed by atoms with van der Waals surface area (Å²) < 4.78 is 10.8. The molecule has 1 aliphatic rings. The molecular weight excluding hydrogens is 328 g/mol. The minimum atomic E-state index is 0.00762. The molecule has 0 unspecified atom stereocenters. The van der Waals surface area contributed by atoms with Crippen molar-refractivity contribution in [2.24, 2.45) is 0 Å². The van der Waals surface area contributed by atoms with Crippen LogP contribution in [-0.4, -0.2) is 38.1 Å². The number of carbonyl (C=O) groups is 1. The number of ether oxygens (including phenoxy) is 2. The summed E-state index contributed by atoms with van der Waals surface area (Å²) in [6, 6.07) is 13.9. The number of hydrogen-bond acceptors (Lipinski definition) is 4. The molecule has 0 aliphatic carbocycles. The molecule has 0 spiro atoms. The molecule has 5 heteroatoms. The van der Waals surface area contributed by atoms with Crippen molar-refractivity contribution in [1.29, 1.82) is 0 Å². The number of nitrogens with zero attached hydrogens (tertiary/aromatic N) is 1. The summed E-state index contributed by atoms with van der Waals surface area (Å²) in [4.78, 5) is 14.7. The van der Waals surface area contributed by atoms with Crippen molar-refractivity contribution < 1.29 is 14.3 Å². The summed E-state index contributed by atoms with van der Waals surface area (Å²) in [5.74, 6) is 1.58. The first-order valence-electron chi connectivity index (χ1n) is 8.93. The highest BCUT2D eigenvalue weighted by Crippen LogP contribution is 2.38.